The van der Waals surface area contributed by atoms with E-state index in [2.05, 4.69) is 15.9 Å². The second-order valence-electron chi connectivity index (χ2n) is 8.32. The Kier molecular flexibility index (Phi) is 5.18. The zero-order chi connectivity index (χ0) is 21.7. The van der Waals surface area contributed by atoms with E-state index in [0.717, 1.165) is 15.4 Å². The number of hydrogen-bond donors (Lipinski definition) is 0. The standard InChI is InChI=1S/C22H23BrN2O4S/c1-22(2,3)29-21(26)24-12-11-20-18(14-24)17-13-15(23)9-10-19(17)25(20)30(27,28)16-7-5-4-6-8-16/h4-10,13H,11-12,14H2,1-3H3. The molecular weight excluding hydrogens is 468 g/mol. The highest BCUT2D eigenvalue weighted by Gasteiger charge is 2.33. The van der Waals surface area contributed by atoms with Gasteiger partial charge in [-0.1, -0.05) is 34.1 Å². The molecule has 0 saturated carbocycles. The van der Waals surface area contributed by atoms with Crippen LogP contribution in [0.1, 0.15) is 32.0 Å². The van der Waals surface area contributed by atoms with E-state index in [0.29, 0.717) is 30.7 Å². The third-order valence-electron chi connectivity index (χ3n) is 5.00. The first-order valence-corrected chi connectivity index (χ1v) is 11.9. The fourth-order valence-corrected chi connectivity index (χ4v) is 5.73. The van der Waals surface area contributed by atoms with E-state index in [-0.39, 0.29) is 4.90 Å². The largest absolute Gasteiger partial charge is 0.444 e. The highest BCUT2D eigenvalue weighted by molar-refractivity contribution is 9.10. The minimum absolute atomic E-state index is 0.238. The molecule has 0 unspecified atom stereocenters. The Bertz CT molecular complexity index is 1230. The van der Waals surface area contributed by atoms with Gasteiger partial charge in [0.25, 0.3) is 10.0 Å². The molecule has 0 radical (unpaired) electrons. The summed E-state index contributed by atoms with van der Waals surface area (Å²) in [6, 6.07) is 14.0. The number of carbonyl (C=O) groups excluding carboxylic acids is 1. The SMILES string of the molecule is CC(C)(C)OC(=O)N1CCc2c(c3cc(Br)ccc3n2S(=O)(=O)c2ccccc2)C1. The highest BCUT2D eigenvalue weighted by atomic mass is 79.9. The van der Waals surface area contributed by atoms with Gasteiger partial charge >= 0.3 is 6.09 Å². The Morgan fingerprint density at radius 2 is 1.80 bits per heavy atom. The summed E-state index contributed by atoms with van der Waals surface area (Å²) in [5.74, 6) is 0. The topological polar surface area (TPSA) is 68.6 Å². The van der Waals surface area contributed by atoms with E-state index in [1.165, 1.54) is 3.97 Å². The van der Waals surface area contributed by atoms with Gasteiger partial charge in [0.15, 0.2) is 0 Å². The van der Waals surface area contributed by atoms with Gasteiger partial charge in [-0.15, -0.1) is 0 Å². The lowest BCUT2D eigenvalue weighted by molar-refractivity contribution is 0.0224. The maximum absolute atomic E-state index is 13.5. The molecule has 1 aromatic heterocycles. The molecule has 8 heteroatoms. The minimum atomic E-state index is -3.78. The molecule has 0 N–H and O–H groups in total. The first-order chi connectivity index (χ1) is 14.1. The molecule has 30 heavy (non-hydrogen) atoms. The van der Waals surface area contributed by atoms with Crippen molar-refractivity contribution in [2.75, 3.05) is 6.54 Å². The molecule has 1 aliphatic heterocycles. The lowest BCUT2D eigenvalue weighted by Crippen LogP contribution is -2.40. The summed E-state index contributed by atoms with van der Waals surface area (Å²) in [5.41, 5.74) is 1.57. The molecule has 158 valence electrons. The molecule has 0 bridgehead atoms. The van der Waals surface area contributed by atoms with Gasteiger partial charge in [0.05, 0.1) is 17.0 Å². The first-order valence-electron chi connectivity index (χ1n) is 9.68. The Balaban J connectivity index is 1.86. The number of amides is 1. The Morgan fingerprint density at radius 3 is 2.47 bits per heavy atom. The van der Waals surface area contributed by atoms with Crippen molar-refractivity contribution in [3.05, 3.63) is 64.3 Å². The summed E-state index contributed by atoms with van der Waals surface area (Å²) in [5, 5.41) is 0.812. The second-order valence-corrected chi connectivity index (χ2v) is 11.0. The second kappa shape index (κ2) is 7.42. The van der Waals surface area contributed by atoms with Crippen LogP contribution >= 0.6 is 15.9 Å². The van der Waals surface area contributed by atoms with Crippen LogP contribution in [0.2, 0.25) is 0 Å². The fraction of sp³-hybridized carbons (Fsp3) is 0.318. The van der Waals surface area contributed by atoms with Crippen LogP contribution in [0.25, 0.3) is 10.9 Å². The predicted octanol–water partition coefficient (Wildman–Crippen LogP) is 4.93. The normalized spacial score (nSPS) is 14.6. The van der Waals surface area contributed by atoms with Gasteiger partial charge < -0.3 is 9.64 Å². The molecule has 6 nitrogen and oxygen atoms in total. The van der Waals surface area contributed by atoms with Crippen LogP contribution in [-0.2, 0) is 27.7 Å². The number of aromatic nitrogens is 1. The molecule has 0 aliphatic carbocycles. The lowest BCUT2D eigenvalue weighted by Gasteiger charge is -2.30. The van der Waals surface area contributed by atoms with Crippen LogP contribution in [0.5, 0.6) is 0 Å². The van der Waals surface area contributed by atoms with E-state index in [4.69, 9.17) is 4.74 Å². The molecule has 0 fully saturated rings. The first kappa shape index (κ1) is 20.9. The van der Waals surface area contributed by atoms with E-state index >= 15 is 0 Å². The zero-order valence-electron chi connectivity index (χ0n) is 17.1. The van der Waals surface area contributed by atoms with Crippen LogP contribution in [0.3, 0.4) is 0 Å². The Labute approximate surface area is 184 Å². The van der Waals surface area contributed by atoms with Crippen molar-refractivity contribution in [1.29, 1.82) is 0 Å². The van der Waals surface area contributed by atoms with Crippen molar-refractivity contribution < 1.29 is 17.9 Å². The van der Waals surface area contributed by atoms with Crippen molar-refractivity contribution in [3.8, 4) is 0 Å². The van der Waals surface area contributed by atoms with Gasteiger partial charge in [-0.2, -0.15) is 0 Å². The number of hydrogen-bond acceptors (Lipinski definition) is 4. The summed E-state index contributed by atoms with van der Waals surface area (Å²) in [6.07, 6.45) is 0.0300. The quantitative estimate of drug-likeness (QED) is 0.510. The number of carbonyl (C=O) groups is 1. The van der Waals surface area contributed by atoms with Crippen molar-refractivity contribution in [2.24, 2.45) is 0 Å². The van der Waals surface area contributed by atoms with Crippen molar-refractivity contribution in [2.45, 2.75) is 44.2 Å². The number of rotatable bonds is 2. The minimum Gasteiger partial charge on any atom is -0.444 e. The van der Waals surface area contributed by atoms with Gasteiger partial charge in [-0.05, 0) is 51.1 Å². The summed E-state index contributed by atoms with van der Waals surface area (Å²) in [7, 11) is -3.78. The molecule has 0 saturated heterocycles. The molecule has 2 heterocycles. The molecule has 2 aromatic carbocycles. The van der Waals surface area contributed by atoms with E-state index in [1.807, 2.05) is 32.9 Å². The molecule has 1 amide bonds. The smallest absolute Gasteiger partial charge is 0.410 e. The van der Waals surface area contributed by atoms with Crippen LogP contribution in [-0.4, -0.2) is 35.5 Å². The molecule has 1 aliphatic rings. The summed E-state index contributed by atoms with van der Waals surface area (Å²) >= 11 is 3.48. The summed E-state index contributed by atoms with van der Waals surface area (Å²) < 4.78 is 34.8. The van der Waals surface area contributed by atoms with E-state index in [1.54, 1.807) is 41.3 Å². The van der Waals surface area contributed by atoms with E-state index in [9.17, 15) is 13.2 Å². The molecule has 3 aromatic rings. The van der Waals surface area contributed by atoms with Crippen molar-refractivity contribution in [1.82, 2.24) is 8.87 Å². The highest BCUT2D eigenvalue weighted by Crippen LogP contribution is 2.35. The Hall–Kier alpha value is -2.32. The number of nitrogens with zero attached hydrogens (tertiary/aromatic N) is 2. The van der Waals surface area contributed by atoms with Crippen molar-refractivity contribution in [3.63, 3.8) is 0 Å². The lowest BCUT2D eigenvalue weighted by atomic mass is 10.1. The molecule has 0 spiro atoms. The maximum atomic E-state index is 13.5. The van der Waals surface area contributed by atoms with E-state index < -0.39 is 21.7 Å². The fourth-order valence-electron chi connectivity index (χ4n) is 3.74. The van der Waals surface area contributed by atoms with Crippen molar-refractivity contribution >= 4 is 42.9 Å². The van der Waals surface area contributed by atoms with Gasteiger partial charge in [0.1, 0.15) is 5.60 Å². The molecular formula is C22H23BrN2O4S. The average molecular weight is 491 g/mol. The summed E-state index contributed by atoms with van der Waals surface area (Å²) in [6.45, 7) is 6.18. The average Bonchev–Trinajstić information content (AvgIpc) is 3.01. The van der Waals surface area contributed by atoms with Crippen LogP contribution in [0.4, 0.5) is 4.79 Å². The third-order valence-corrected chi connectivity index (χ3v) is 7.26. The number of fused-ring (bicyclic) bond motifs is 3. The van der Waals surface area contributed by atoms with Crippen LogP contribution < -0.4 is 0 Å². The number of halogens is 1. The zero-order valence-corrected chi connectivity index (χ0v) is 19.5. The number of benzene rings is 2. The number of ether oxygens (including phenoxy) is 1. The maximum Gasteiger partial charge on any atom is 0.410 e. The third kappa shape index (κ3) is 3.74. The predicted molar refractivity (Wildman–Crippen MR) is 119 cm³/mol. The van der Waals surface area contributed by atoms with Crippen LogP contribution in [0.15, 0.2) is 57.9 Å². The molecule has 0 atom stereocenters. The Morgan fingerprint density at radius 1 is 1.10 bits per heavy atom. The van der Waals surface area contributed by atoms with Gasteiger partial charge in [0, 0.05) is 34.1 Å². The monoisotopic (exact) mass is 490 g/mol. The summed E-state index contributed by atoms with van der Waals surface area (Å²) in [4.78, 5) is 14.5. The van der Waals surface area contributed by atoms with Crippen LogP contribution in [0, 0.1) is 0 Å². The van der Waals surface area contributed by atoms with Gasteiger partial charge in [-0.3, -0.25) is 0 Å². The molecule has 4 rings (SSSR count). The van der Waals surface area contributed by atoms with Gasteiger partial charge in [0.2, 0.25) is 0 Å². The van der Waals surface area contributed by atoms with Gasteiger partial charge in [-0.25, -0.2) is 17.2 Å².